The van der Waals surface area contributed by atoms with E-state index in [-0.39, 0.29) is 16.8 Å². The molecule has 90 valence electrons. The molecule has 0 spiro atoms. The van der Waals surface area contributed by atoms with E-state index in [9.17, 15) is 14.9 Å². The van der Waals surface area contributed by atoms with Crippen LogP contribution in [0, 0.1) is 10.1 Å². The fourth-order valence-corrected chi connectivity index (χ4v) is 2.65. The molecule has 0 bridgehead atoms. The average Bonchev–Trinajstić information content (AvgIpc) is 2.57. The van der Waals surface area contributed by atoms with Gasteiger partial charge in [-0.15, -0.1) is 0 Å². The number of rotatable bonds is 2. The van der Waals surface area contributed by atoms with Crippen molar-refractivity contribution in [2.24, 2.45) is 0 Å². The van der Waals surface area contributed by atoms with Crippen molar-refractivity contribution in [3.8, 4) is 0 Å². The highest BCUT2D eigenvalue weighted by Crippen LogP contribution is 2.33. The standard InChI is InChI=1S/C10H9BrN2O3S/c11-8-3-6(13(15)16)1-2-9(8)12-5-7(17)4-10(12)14/h1-3,7,17H,4-5H2. The topological polar surface area (TPSA) is 63.5 Å². The Morgan fingerprint density at radius 3 is 2.71 bits per heavy atom. The van der Waals surface area contributed by atoms with Crippen LogP contribution in [0.25, 0.3) is 0 Å². The fraction of sp³-hybridized carbons (Fsp3) is 0.300. The van der Waals surface area contributed by atoms with Crippen LogP contribution in [0.3, 0.4) is 0 Å². The van der Waals surface area contributed by atoms with E-state index in [0.29, 0.717) is 23.1 Å². The first-order valence-electron chi connectivity index (χ1n) is 4.91. The van der Waals surface area contributed by atoms with Gasteiger partial charge in [-0.3, -0.25) is 14.9 Å². The van der Waals surface area contributed by atoms with Gasteiger partial charge in [0.15, 0.2) is 0 Å². The lowest BCUT2D eigenvalue weighted by Crippen LogP contribution is -2.24. The van der Waals surface area contributed by atoms with E-state index in [2.05, 4.69) is 28.6 Å². The number of carbonyl (C=O) groups excluding carboxylic acids is 1. The lowest BCUT2D eigenvalue weighted by atomic mass is 10.2. The van der Waals surface area contributed by atoms with Crippen molar-refractivity contribution in [3.63, 3.8) is 0 Å². The van der Waals surface area contributed by atoms with Crippen LogP contribution in [-0.2, 0) is 4.79 Å². The summed E-state index contributed by atoms with van der Waals surface area (Å²) in [5.41, 5.74) is 0.645. The summed E-state index contributed by atoms with van der Waals surface area (Å²) in [7, 11) is 0. The molecule has 7 heteroatoms. The molecule has 1 aromatic rings. The second-order valence-corrected chi connectivity index (χ2v) is 5.34. The van der Waals surface area contributed by atoms with Gasteiger partial charge in [0.1, 0.15) is 0 Å². The smallest absolute Gasteiger partial charge is 0.270 e. The van der Waals surface area contributed by atoms with Crippen LogP contribution in [0.4, 0.5) is 11.4 Å². The maximum atomic E-state index is 11.7. The van der Waals surface area contributed by atoms with Crippen LogP contribution in [0.15, 0.2) is 22.7 Å². The van der Waals surface area contributed by atoms with Crippen molar-refractivity contribution in [1.82, 2.24) is 0 Å². The van der Waals surface area contributed by atoms with Crippen molar-refractivity contribution in [1.29, 1.82) is 0 Å². The number of nitro groups is 1. The molecule has 1 heterocycles. The molecule has 1 fully saturated rings. The number of carbonyl (C=O) groups is 1. The molecule has 1 unspecified atom stereocenters. The van der Waals surface area contributed by atoms with Crippen molar-refractivity contribution < 1.29 is 9.72 Å². The molecule has 5 nitrogen and oxygen atoms in total. The second-order valence-electron chi connectivity index (χ2n) is 3.76. The molecule has 0 aliphatic carbocycles. The molecule has 1 atom stereocenters. The van der Waals surface area contributed by atoms with Gasteiger partial charge in [0.05, 0.1) is 10.6 Å². The van der Waals surface area contributed by atoms with Crippen molar-refractivity contribution in [2.75, 3.05) is 11.4 Å². The summed E-state index contributed by atoms with van der Waals surface area (Å²) in [6, 6.07) is 4.36. The van der Waals surface area contributed by atoms with Crippen LogP contribution in [0.5, 0.6) is 0 Å². The van der Waals surface area contributed by atoms with E-state index < -0.39 is 4.92 Å². The molecule has 1 aliphatic heterocycles. The highest BCUT2D eigenvalue weighted by atomic mass is 79.9. The van der Waals surface area contributed by atoms with Crippen molar-refractivity contribution in [2.45, 2.75) is 11.7 Å². The predicted octanol–water partition coefficient (Wildman–Crippen LogP) is 2.39. The number of nitrogens with zero attached hydrogens (tertiary/aromatic N) is 2. The molecule has 1 saturated heterocycles. The molecule has 0 radical (unpaired) electrons. The number of thiol groups is 1. The van der Waals surface area contributed by atoms with E-state index in [1.807, 2.05) is 0 Å². The van der Waals surface area contributed by atoms with Crippen LogP contribution < -0.4 is 4.90 Å². The minimum absolute atomic E-state index is 0.00491. The number of halogens is 1. The zero-order valence-electron chi connectivity index (χ0n) is 8.67. The minimum Gasteiger partial charge on any atom is -0.310 e. The van der Waals surface area contributed by atoms with Gasteiger partial charge < -0.3 is 4.90 Å². The van der Waals surface area contributed by atoms with Gasteiger partial charge in [0, 0.05) is 34.8 Å². The lowest BCUT2D eigenvalue weighted by Gasteiger charge is -2.17. The SMILES string of the molecule is O=C1CC(S)CN1c1ccc([N+](=O)[O-])cc1Br. The molecule has 1 amide bonds. The van der Waals surface area contributed by atoms with Crippen LogP contribution in [-0.4, -0.2) is 22.6 Å². The number of hydrogen-bond donors (Lipinski definition) is 1. The van der Waals surface area contributed by atoms with Crippen molar-refractivity contribution >= 4 is 45.8 Å². The first-order valence-corrected chi connectivity index (χ1v) is 6.22. The van der Waals surface area contributed by atoms with Crippen LogP contribution >= 0.6 is 28.6 Å². The zero-order chi connectivity index (χ0) is 12.6. The summed E-state index contributed by atoms with van der Waals surface area (Å²) in [5, 5.41) is 10.6. The third kappa shape index (κ3) is 2.44. The van der Waals surface area contributed by atoms with Gasteiger partial charge in [-0.1, -0.05) is 0 Å². The monoisotopic (exact) mass is 316 g/mol. The Kier molecular flexibility index (Phi) is 3.39. The number of non-ortho nitro benzene ring substituents is 1. The summed E-state index contributed by atoms with van der Waals surface area (Å²) < 4.78 is 0.544. The first kappa shape index (κ1) is 12.4. The molecule has 1 aliphatic rings. The highest BCUT2D eigenvalue weighted by molar-refractivity contribution is 9.10. The summed E-state index contributed by atoms with van der Waals surface area (Å²) in [4.78, 5) is 23.4. The van der Waals surface area contributed by atoms with Crippen LogP contribution in [0.1, 0.15) is 6.42 Å². The lowest BCUT2D eigenvalue weighted by molar-refractivity contribution is -0.384. The summed E-state index contributed by atoms with van der Waals surface area (Å²) in [6.07, 6.45) is 0.395. The van der Waals surface area contributed by atoms with E-state index in [4.69, 9.17) is 0 Å². The summed E-state index contributed by atoms with van der Waals surface area (Å²) >= 11 is 7.51. The Balaban J connectivity index is 2.34. The molecule has 1 aromatic carbocycles. The minimum atomic E-state index is -0.470. The number of benzene rings is 1. The predicted molar refractivity (Wildman–Crippen MR) is 70.5 cm³/mol. The Morgan fingerprint density at radius 2 is 2.24 bits per heavy atom. The summed E-state index contributed by atoms with van der Waals surface area (Å²) in [5.74, 6) is -0.0143. The third-order valence-corrected chi connectivity index (χ3v) is 3.52. The fourth-order valence-electron chi connectivity index (χ4n) is 1.75. The van der Waals surface area contributed by atoms with E-state index >= 15 is 0 Å². The molecule has 2 rings (SSSR count). The normalized spacial score (nSPS) is 19.8. The Labute approximate surface area is 111 Å². The molecule has 0 saturated carbocycles. The Hall–Kier alpha value is -1.08. The molecule has 0 N–H and O–H groups in total. The van der Waals surface area contributed by atoms with E-state index in [0.717, 1.165) is 0 Å². The number of amides is 1. The summed E-state index contributed by atoms with van der Waals surface area (Å²) in [6.45, 7) is 0.526. The van der Waals surface area contributed by atoms with Gasteiger partial charge in [-0.2, -0.15) is 12.6 Å². The molecular formula is C10H9BrN2O3S. The molecule has 17 heavy (non-hydrogen) atoms. The highest BCUT2D eigenvalue weighted by Gasteiger charge is 2.29. The molecular weight excluding hydrogens is 308 g/mol. The quantitative estimate of drug-likeness (QED) is 0.517. The Bertz CT molecular complexity index is 494. The number of hydrogen-bond acceptors (Lipinski definition) is 4. The number of nitro benzene ring substituents is 1. The van der Waals surface area contributed by atoms with E-state index in [1.165, 1.54) is 12.1 Å². The van der Waals surface area contributed by atoms with Gasteiger partial charge in [-0.25, -0.2) is 0 Å². The maximum absolute atomic E-state index is 11.7. The first-order chi connectivity index (χ1) is 7.99. The van der Waals surface area contributed by atoms with Gasteiger partial charge in [0.25, 0.3) is 5.69 Å². The van der Waals surface area contributed by atoms with E-state index in [1.54, 1.807) is 11.0 Å². The largest absolute Gasteiger partial charge is 0.310 e. The third-order valence-electron chi connectivity index (χ3n) is 2.54. The van der Waals surface area contributed by atoms with Gasteiger partial charge >= 0.3 is 0 Å². The second kappa shape index (κ2) is 4.66. The average molecular weight is 317 g/mol. The van der Waals surface area contributed by atoms with Crippen LogP contribution in [0.2, 0.25) is 0 Å². The Morgan fingerprint density at radius 1 is 1.53 bits per heavy atom. The zero-order valence-corrected chi connectivity index (χ0v) is 11.1. The van der Waals surface area contributed by atoms with Crippen molar-refractivity contribution in [3.05, 3.63) is 32.8 Å². The van der Waals surface area contributed by atoms with Gasteiger partial charge in [0.2, 0.25) is 5.91 Å². The number of anilines is 1. The maximum Gasteiger partial charge on any atom is 0.270 e. The van der Waals surface area contributed by atoms with Gasteiger partial charge in [-0.05, 0) is 22.0 Å². The molecule has 0 aromatic heterocycles.